The van der Waals surface area contributed by atoms with Crippen LogP contribution in [-0.2, 0) is 16.1 Å². The number of amides is 1. The van der Waals surface area contributed by atoms with Gasteiger partial charge in [-0.2, -0.15) is 0 Å². The first-order valence-corrected chi connectivity index (χ1v) is 8.80. The van der Waals surface area contributed by atoms with Crippen LogP contribution in [0.2, 0.25) is 0 Å². The fourth-order valence-electron chi connectivity index (χ4n) is 2.96. The van der Waals surface area contributed by atoms with Crippen molar-refractivity contribution in [3.8, 4) is 11.5 Å². The molecule has 0 fully saturated rings. The Morgan fingerprint density at radius 2 is 1.67 bits per heavy atom. The Kier molecular flexibility index (Phi) is 5.64. The Hall–Kier alpha value is -3.02. The molecule has 0 saturated heterocycles. The van der Waals surface area contributed by atoms with E-state index in [2.05, 4.69) is 0 Å². The molecule has 0 N–H and O–H groups in total. The van der Waals surface area contributed by atoms with Crippen molar-refractivity contribution in [2.24, 2.45) is 0 Å². The number of carbonyl (C=O) groups is 2. The highest BCUT2D eigenvalue weighted by Gasteiger charge is 2.16. The molecule has 1 heterocycles. The smallest absolute Gasteiger partial charge is 0.338 e. The zero-order chi connectivity index (χ0) is 19.4. The molecule has 0 spiro atoms. The van der Waals surface area contributed by atoms with E-state index in [1.807, 2.05) is 38.1 Å². The van der Waals surface area contributed by atoms with Crippen LogP contribution in [0.3, 0.4) is 0 Å². The topological polar surface area (TPSA) is 65.1 Å². The SMILES string of the molecule is Cc1cc(C)cc(C(=O)OCC(=O)N(C)Cc2ccc3c(c2)OCCO3)c1. The number of rotatable bonds is 5. The fourth-order valence-corrected chi connectivity index (χ4v) is 2.96. The van der Waals surface area contributed by atoms with Crippen molar-refractivity contribution in [3.63, 3.8) is 0 Å². The van der Waals surface area contributed by atoms with Crippen LogP contribution in [0.25, 0.3) is 0 Å². The zero-order valence-electron chi connectivity index (χ0n) is 15.8. The molecule has 0 aromatic heterocycles. The molecule has 0 unspecified atom stereocenters. The molecule has 0 atom stereocenters. The van der Waals surface area contributed by atoms with Gasteiger partial charge in [0, 0.05) is 13.6 Å². The first kappa shape index (κ1) is 18.8. The maximum absolute atomic E-state index is 12.3. The number of fused-ring (bicyclic) bond motifs is 1. The molecule has 0 saturated carbocycles. The number of hydrogen-bond donors (Lipinski definition) is 0. The Morgan fingerprint density at radius 1 is 1.00 bits per heavy atom. The Morgan fingerprint density at radius 3 is 2.37 bits per heavy atom. The second kappa shape index (κ2) is 8.12. The van der Waals surface area contributed by atoms with E-state index in [-0.39, 0.29) is 12.5 Å². The van der Waals surface area contributed by atoms with E-state index in [0.29, 0.717) is 36.8 Å². The van der Waals surface area contributed by atoms with Crippen LogP contribution in [-0.4, -0.2) is 43.6 Å². The minimum atomic E-state index is -0.497. The van der Waals surface area contributed by atoms with Crippen molar-refractivity contribution in [1.29, 1.82) is 0 Å². The maximum Gasteiger partial charge on any atom is 0.338 e. The summed E-state index contributed by atoms with van der Waals surface area (Å²) < 4.78 is 16.2. The van der Waals surface area contributed by atoms with Crippen molar-refractivity contribution in [3.05, 3.63) is 58.7 Å². The van der Waals surface area contributed by atoms with Gasteiger partial charge in [0.2, 0.25) is 0 Å². The van der Waals surface area contributed by atoms with Crippen molar-refractivity contribution in [1.82, 2.24) is 4.90 Å². The highest BCUT2D eigenvalue weighted by molar-refractivity contribution is 5.91. The first-order valence-electron chi connectivity index (χ1n) is 8.80. The summed E-state index contributed by atoms with van der Waals surface area (Å²) in [5.41, 5.74) is 3.32. The third kappa shape index (κ3) is 4.78. The number of hydrogen-bond acceptors (Lipinski definition) is 5. The summed E-state index contributed by atoms with van der Waals surface area (Å²) in [6.07, 6.45) is 0. The van der Waals surface area contributed by atoms with Gasteiger partial charge < -0.3 is 19.1 Å². The summed E-state index contributed by atoms with van der Waals surface area (Å²) in [7, 11) is 1.67. The van der Waals surface area contributed by atoms with E-state index in [1.54, 1.807) is 19.2 Å². The summed E-state index contributed by atoms with van der Waals surface area (Å²) in [6.45, 7) is 4.96. The van der Waals surface area contributed by atoms with Gasteiger partial charge in [0.25, 0.3) is 5.91 Å². The average molecular weight is 369 g/mol. The van der Waals surface area contributed by atoms with E-state index in [1.165, 1.54) is 4.90 Å². The number of benzene rings is 2. The van der Waals surface area contributed by atoms with Crippen LogP contribution < -0.4 is 9.47 Å². The molecule has 0 bridgehead atoms. The normalized spacial score (nSPS) is 12.4. The molecule has 1 amide bonds. The van der Waals surface area contributed by atoms with Crippen molar-refractivity contribution in [2.75, 3.05) is 26.9 Å². The van der Waals surface area contributed by atoms with Gasteiger partial charge >= 0.3 is 5.97 Å². The fraction of sp³-hybridized carbons (Fsp3) is 0.333. The van der Waals surface area contributed by atoms with Crippen LogP contribution in [0.5, 0.6) is 11.5 Å². The van der Waals surface area contributed by atoms with Gasteiger partial charge in [0.05, 0.1) is 5.56 Å². The highest BCUT2D eigenvalue weighted by atomic mass is 16.6. The van der Waals surface area contributed by atoms with Crippen LogP contribution >= 0.6 is 0 Å². The molecule has 142 valence electrons. The van der Waals surface area contributed by atoms with Gasteiger partial charge in [-0.15, -0.1) is 0 Å². The van der Waals surface area contributed by atoms with Gasteiger partial charge in [0.1, 0.15) is 13.2 Å². The highest BCUT2D eigenvalue weighted by Crippen LogP contribution is 2.31. The standard InChI is InChI=1S/C21H23NO5/c1-14-8-15(2)10-17(9-14)21(24)27-13-20(23)22(3)12-16-4-5-18-19(11-16)26-7-6-25-18/h4-5,8-11H,6-7,12-13H2,1-3H3. The summed E-state index contributed by atoms with van der Waals surface area (Å²) >= 11 is 0. The number of carbonyl (C=O) groups excluding carboxylic acids is 2. The van der Waals surface area contributed by atoms with Crippen LogP contribution in [0, 0.1) is 13.8 Å². The van der Waals surface area contributed by atoms with E-state index in [0.717, 1.165) is 16.7 Å². The molecule has 6 nitrogen and oxygen atoms in total. The monoisotopic (exact) mass is 369 g/mol. The van der Waals surface area contributed by atoms with Crippen molar-refractivity contribution >= 4 is 11.9 Å². The van der Waals surface area contributed by atoms with Gasteiger partial charge in [-0.3, -0.25) is 4.79 Å². The molecule has 3 rings (SSSR count). The number of nitrogens with zero attached hydrogens (tertiary/aromatic N) is 1. The molecule has 2 aromatic rings. The van der Waals surface area contributed by atoms with Gasteiger partial charge in [-0.1, -0.05) is 23.3 Å². The lowest BCUT2D eigenvalue weighted by atomic mass is 10.1. The second-order valence-corrected chi connectivity index (χ2v) is 6.68. The lowest BCUT2D eigenvalue weighted by Gasteiger charge is -2.21. The van der Waals surface area contributed by atoms with Crippen LogP contribution in [0.15, 0.2) is 36.4 Å². The van der Waals surface area contributed by atoms with Gasteiger partial charge in [0.15, 0.2) is 18.1 Å². The van der Waals surface area contributed by atoms with Crippen LogP contribution in [0.1, 0.15) is 27.0 Å². The Balaban J connectivity index is 1.55. The molecule has 1 aliphatic rings. The number of likely N-dealkylation sites (N-methyl/N-ethyl adjacent to an activating group) is 1. The predicted octanol–water partition coefficient (Wildman–Crippen LogP) is 2.89. The van der Waals surface area contributed by atoms with Crippen molar-refractivity contribution in [2.45, 2.75) is 20.4 Å². The molecule has 2 aromatic carbocycles. The van der Waals surface area contributed by atoms with Gasteiger partial charge in [-0.25, -0.2) is 4.79 Å². The maximum atomic E-state index is 12.3. The lowest BCUT2D eigenvalue weighted by molar-refractivity contribution is -0.133. The summed E-state index contributed by atoms with van der Waals surface area (Å²) in [6, 6.07) is 11.1. The van der Waals surface area contributed by atoms with Crippen molar-refractivity contribution < 1.29 is 23.8 Å². The number of esters is 1. The summed E-state index contributed by atoms with van der Waals surface area (Å²) in [5.74, 6) is 0.618. The lowest BCUT2D eigenvalue weighted by Crippen LogP contribution is -2.31. The van der Waals surface area contributed by atoms with Gasteiger partial charge in [-0.05, 0) is 43.7 Å². The molecule has 6 heteroatoms. The second-order valence-electron chi connectivity index (χ2n) is 6.68. The minimum absolute atomic E-state index is 0.275. The van der Waals surface area contributed by atoms with E-state index in [9.17, 15) is 9.59 Å². The quantitative estimate of drug-likeness (QED) is 0.759. The summed E-state index contributed by atoms with van der Waals surface area (Å²) in [5, 5.41) is 0. The Labute approximate surface area is 158 Å². The number of aryl methyl sites for hydroxylation is 2. The third-order valence-corrected chi connectivity index (χ3v) is 4.24. The molecule has 0 radical (unpaired) electrons. The molecule has 1 aliphatic heterocycles. The number of ether oxygens (including phenoxy) is 3. The first-order chi connectivity index (χ1) is 12.9. The average Bonchev–Trinajstić information content (AvgIpc) is 2.64. The summed E-state index contributed by atoms with van der Waals surface area (Å²) in [4.78, 5) is 26.0. The molecular weight excluding hydrogens is 346 g/mol. The molecule has 27 heavy (non-hydrogen) atoms. The van der Waals surface area contributed by atoms with E-state index >= 15 is 0 Å². The minimum Gasteiger partial charge on any atom is -0.486 e. The molecular formula is C21H23NO5. The predicted molar refractivity (Wildman–Crippen MR) is 100 cm³/mol. The van der Waals surface area contributed by atoms with E-state index < -0.39 is 5.97 Å². The zero-order valence-corrected chi connectivity index (χ0v) is 15.8. The van der Waals surface area contributed by atoms with E-state index in [4.69, 9.17) is 14.2 Å². The van der Waals surface area contributed by atoms with Crippen LogP contribution in [0.4, 0.5) is 0 Å². The third-order valence-electron chi connectivity index (χ3n) is 4.24. The largest absolute Gasteiger partial charge is 0.486 e. The Bertz CT molecular complexity index is 841. The molecule has 0 aliphatic carbocycles.